The number of carbonyl (C=O) groups excluding carboxylic acids is 1. The van der Waals surface area contributed by atoms with Crippen molar-refractivity contribution in [3.63, 3.8) is 0 Å². The molecule has 0 saturated carbocycles. The average molecular weight is 576 g/mol. The van der Waals surface area contributed by atoms with Gasteiger partial charge in [-0.05, 0) is 62.5 Å². The number of halogens is 1. The van der Waals surface area contributed by atoms with Crippen LogP contribution in [0.25, 0.3) is 0 Å². The number of aryl methyl sites for hydroxylation is 1. The smallest absolute Gasteiger partial charge is 0.281 e. The Morgan fingerprint density at radius 2 is 1.53 bits per heavy atom. The van der Waals surface area contributed by atoms with Crippen molar-refractivity contribution in [1.82, 2.24) is 0 Å². The van der Waals surface area contributed by atoms with Crippen molar-refractivity contribution in [3.05, 3.63) is 76.3 Å². The topological polar surface area (TPSA) is 91.4 Å². The second-order valence-corrected chi connectivity index (χ2v) is 16.4. The van der Waals surface area contributed by atoms with Crippen molar-refractivity contribution in [3.8, 4) is 17.2 Å². The minimum atomic E-state index is -4.50. The summed E-state index contributed by atoms with van der Waals surface area (Å²) < 4.78 is 52.3. The molecule has 0 bridgehead atoms. The van der Waals surface area contributed by atoms with Crippen LogP contribution in [0.3, 0.4) is 0 Å². The maximum Gasteiger partial charge on any atom is 0.281 e. The molecule has 3 aromatic rings. The molecule has 0 saturated heterocycles. The van der Waals surface area contributed by atoms with Crippen LogP contribution < -0.4 is 18.5 Å². The first-order valence-electron chi connectivity index (χ1n) is 11.8. The number of para-hydroxylation sites is 1. The van der Waals surface area contributed by atoms with Gasteiger partial charge in [-0.3, -0.25) is 4.79 Å². The molecule has 0 N–H and O–H groups in total. The number of amides is 1. The summed E-state index contributed by atoms with van der Waals surface area (Å²) in [5.41, 5.74) is -0.365. The Balaban J connectivity index is 2.10. The number of hydrogen-bond acceptors (Lipinski definition) is 7. The largest absolute Gasteiger partial charge is 0.497 e. The second kappa shape index (κ2) is 9.92. The van der Waals surface area contributed by atoms with Crippen LogP contribution in [-0.4, -0.2) is 44.0 Å². The van der Waals surface area contributed by atoms with Crippen LogP contribution in [-0.2, 0) is 24.8 Å². The highest BCUT2D eigenvalue weighted by molar-refractivity contribution is 7.93. The fourth-order valence-electron chi connectivity index (χ4n) is 4.62. The molecule has 1 atom stereocenters. The lowest BCUT2D eigenvalue weighted by molar-refractivity contribution is -0.129. The number of methoxy groups -OCH3 is 3. The number of anilines is 1. The normalized spacial score (nSPS) is 17.4. The Hall–Kier alpha value is -3.05. The Morgan fingerprint density at radius 1 is 0.868 bits per heavy atom. The summed E-state index contributed by atoms with van der Waals surface area (Å²) in [6.45, 7) is 7.53. The molecule has 202 valence electrons. The van der Waals surface area contributed by atoms with Crippen molar-refractivity contribution < 1.29 is 31.8 Å². The van der Waals surface area contributed by atoms with Crippen LogP contribution in [0, 0.1) is 6.92 Å². The van der Waals surface area contributed by atoms with E-state index in [1.54, 1.807) is 43.3 Å². The zero-order valence-electron chi connectivity index (χ0n) is 22.3. The molecule has 0 aromatic heterocycles. The first-order chi connectivity index (χ1) is 17.8. The fraction of sp³-hybridized carbons (Fsp3) is 0.296. The Labute approximate surface area is 229 Å². The van der Waals surface area contributed by atoms with Crippen LogP contribution in [0.4, 0.5) is 5.69 Å². The Morgan fingerprint density at radius 3 is 2.13 bits per heavy atom. The van der Waals surface area contributed by atoms with Gasteiger partial charge in [0.25, 0.3) is 15.9 Å². The third-order valence-corrected chi connectivity index (χ3v) is 9.26. The van der Waals surface area contributed by atoms with E-state index in [4.69, 9.17) is 30.2 Å². The molecule has 11 heteroatoms. The zero-order valence-corrected chi connectivity index (χ0v) is 24.9. The van der Waals surface area contributed by atoms with Crippen molar-refractivity contribution in [1.29, 1.82) is 0 Å². The summed E-state index contributed by atoms with van der Waals surface area (Å²) in [5, 5.41) is 0.372. The van der Waals surface area contributed by atoms with Crippen LogP contribution in [0.15, 0.2) is 59.5 Å². The van der Waals surface area contributed by atoms with Gasteiger partial charge in [-0.25, -0.2) is 8.42 Å². The van der Waals surface area contributed by atoms with E-state index < -0.39 is 29.8 Å². The van der Waals surface area contributed by atoms with Gasteiger partial charge in [0, 0.05) is 22.2 Å². The van der Waals surface area contributed by atoms with E-state index in [0.29, 0.717) is 33.2 Å². The molecule has 0 fully saturated rings. The van der Waals surface area contributed by atoms with E-state index in [1.165, 1.54) is 39.5 Å². The summed E-state index contributed by atoms with van der Waals surface area (Å²) in [6.07, 6.45) is 0. The molecule has 3 aromatic carbocycles. The molecule has 1 unspecified atom stereocenters. The van der Waals surface area contributed by atoms with E-state index in [2.05, 4.69) is 0 Å². The maximum atomic E-state index is 14.7. The summed E-state index contributed by atoms with van der Waals surface area (Å²) in [5.74, 6) is 0.0225. The molecule has 1 aliphatic heterocycles. The SMILES string of the molecule is COc1ccc(S(=O)(=O)N2C(=O)C(O[Si](C)(C)C)(c3ccccc3OC)c3cc(Cl)c(C)cc32)c(OC)c1. The summed E-state index contributed by atoms with van der Waals surface area (Å²) in [6, 6.07) is 14.4. The third-order valence-electron chi connectivity index (χ3n) is 6.20. The number of benzene rings is 3. The van der Waals surface area contributed by atoms with Crippen LogP contribution in [0.1, 0.15) is 16.7 Å². The summed E-state index contributed by atoms with van der Waals surface area (Å²) in [7, 11) is -2.73. The van der Waals surface area contributed by atoms with Gasteiger partial charge in [0.1, 0.15) is 22.1 Å². The molecule has 0 aliphatic carbocycles. The number of nitrogens with zero attached hydrogens (tertiary/aromatic N) is 1. The first-order valence-corrected chi connectivity index (χ1v) is 17.0. The number of hydrogen-bond donors (Lipinski definition) is 0. The Kier molecular flexibility index (Phi) is 7.30. The van der Waals surface area contributed by atoms with E-state index >= 15 is 0 Å². The molecule has 1 amide bonds. The van der Waals surface area contributed by atoms with Gasteiger partial charge in [0.15, 0.2) is 13.9 Å². The molecular formula is C27H30ClNO7SSi. The molecule has 1 heterocycles. The van der Waals surface area contributed by atoms with Crippen molar-refractivity contribution >= 4 is 41.5 Å². The maximum absolute atomic E-state index is 14.7. The molecule has 1 aliphatic rings. The van der Waals surface area contributed by atoms with Crippen molar-refractivity contribution in [2.75, 3.05) is 25.6 Å². The lowest BCUT2D eigenvalue weighted by Gasteiger charge is -2.36. The van der Waals surface area contributed by atoms with Gasteiger partial charge >= 0.3 is 0 Å². The van der Waals surface area contributed by atoms with Crippen molar-refractivity contribution in [2.24, 2.45) is 0 Å². The fourth-order valence-corrected chi connectivity index (χ4v) is 7.60. The molecule has 0 spiro atoms. The second-order valence-electron chi connectivity index (χ2n) is 9.81. The minimum Gasteiger partial charge on any atom is -0.497 e. The van der Waals surface area contributed by atoms with Gasteiger partial charge in [-0.1, -0.05) is 29.8 Å². The van der Waals surface area contributed by atoms with E-state index in [-0.39, 0.29) is 16.3 Å². The van der Waals surface area contributed by atoms with E-state index in [0.717, 1.165) is 4.31 Å². The highest BCUT2D eigenvalue weighted by atomic mass is 35.5. The number of rotatable bonds is 8. The monoisotopic (exact) mass is 575 g/mol. The molecule has 8 nitrogen and oxygen atoms in total. The van der Waals surface area contributed by atoms with E-state index in [1.807, 2.05) is 19.6 Å². The third kappa shape index (κ3) is 4.45. The van der Waals surface area contributed by atoms with Crippen LogP contribution in [0.2, 0.25) is 24.7 Å². The van der Waals surface area contributed by atoms with Gasteiger partial charge in [0.05, 0.1) is 27.0 Å². The molecule has 4 rings (SSSR count). The Bertz CT molecular complexity index is 1520. The van der Waals surface area contributed by atoms with Crippen molar-refractivity contribution in [2.45, 2.75) is 37.1 Å². The molecular weight excluding hydrogens is 546 g/mol. The van der Waals surface area contributed by atoms with Gasteiger partial charge in [0.2, 0.25) is 0 Å². The highest BCUT2D eigenvalue weighted by Crippen LogP contribution is 2.54. The standard InChI is InChI=1S/C27H30ClNO7SSi/c1-17-14-22-20(16-21(17)28)27(36-38(5,6)7,19-10-8-9-11-23(19)34-3)26(30)29(22)37(31,32)25-13-12-18(33-2)15-24(25)35-4/h8-16H,1-7H3. The minimum absolute atomic E-state index is 0.0327. The zero-order chi connectivity index (χ0) is 28.0. The average Bonchev–Trinajstić information content (AvgIpc) is 3.10. The van der Waals surface area contributed by atoms with Gasteiger partial charge < -0.3 is 18.6 Å². The number of ether oxygens (including phenoxy) is 3. The lowest BCUT2D eigenvalue weighted by atomic mass is 9.86. The quantitative estimate of drug-likeness (QED) is 0.327. The van der Waals surface area contributed by atoms with Gasteiger partial charge in [-0.2, -0.15) is 4.31 Å². The number of carbonyl (C=O) groups is 1. The number of fused-ring (bicyclic) bond motifs is 1. The predicted octanol–water partition coefficient (Wildman–Crippen LogP) is 5.50. The van der Waals surface area contributed by atoms with Crippen LogP contribution in [0.5, 0.6) is 17.2 Å². The highest BCUT2D eigenvalue weighted by Gasteiger charge is 2.60. The van der Waals surface area contributed by atoms with Gasteiger partial charge in [-0.15, -0.1) is 0 Å². The molecule has 38 heavy (non-hydrogen) atoms. The first kappa shape index (κ1) is 28.0. The van der Waals surface area contributed by atoms with Crippen LogP contribution >= 0.6 is 11.6 Å². The lowest BCUT2D eigenvalue weighted by Crippen LogP contribution is -2.50. The molecule has 0 radical (unpaired) electrons. The number of sulfonamides is 1. The predicted molar refractivity (Wildman–Crippen MR) is 149 cm³/mol. The summed E-state index contributed by atoms with van der Waals surface area (Å²) in [4.78, 5) is 14.5. The van der Waals surface area contributed by atoms with E-state index in [9.17, 15) is 13.2 Å². The summed E-state index contributed by atoms with van der Waals surface area (Å²) >= 11 is 6.57.